The summed E-state index contributed by atoms with van der Waals surface area (Å²) in [7, 11) is 0. The summed E-state index contributed by atoms with van der Waals surface area (Å²) in [6, 6.07) is 5.43. The fourth-order valence-corrected chi connectivity index (χ4v) is 0.889. The molecule has 0 aliphatic heterocycles. The molecule has 0 amide bonds. The Balaban J connectivity index is 0. The van der Waals surface area contributed by atoms with Crippen molar-refractivity contribution in [3.63, 3.8) is 0 Å². The standard InChI is InChI=1S/C8H10N2S.C2H2O4.Pt/c1-6(11)8(9)7-4-2-3-5-10-7;3-1(4)2(5)6;/h2-5,8H,9H2,1H3;(H,3,4)(H,5,6);. The van der Waals surface area contributed by atoms with E-state index in [9.17, 15) is 0 Å². The zero-order valence-electron chi connectivity index (χ0n) is 9.35. The number of nitrogens with zero attached hydrogens (tertiary/aromatic N) is 1. The van der Waals surface area contributed by atoms with Gasteiger partial charge >= 0.3 is 11.9 Å². The molecule has 0 aliphatic rings. The molecule has 6 nitrogen and oxygen atoms in total. The van der Waals surface area contributed by atoms with Crippen LogP contribution in [0.4, 0.5) is 0 Å². The average molecular weight is 451 g/mol. The molecule has 0 aromatic carbocycles. The number of hydrogen-bond acceptors (Lipinski definition) is 5. The molecular weight excluding hydrogens is 439 g/mol. The Bertz CT molecular complexity index is 402. The Morgan fingerprint density at radius 3 is 2.11 bits per heavy atom. The fourth-order valence-electron chi connectivity index (χ4n) is 0.768. The number of carboxylic acids is 2. The van der Waals surface area contributed by atoms with Gasteiger partial charge < -0.3 is 15.9 Å². The van der Waals surface area contributed by atoms with Crippen LogP contribution in [0.2, 0.25) is 0 Å². The minimum absolute atomic E-state index is 0. The Morgan fingerprint density at radius 2 is 1.83 bits per heavy atom. The van der Waals surface area contributed by atoms with E-state index < -0.39 is 11.9 Å². The summed E-state index contributed by atoms with van der Waals surface area (Å²) < 4.78 is 0. The van der Waals surface area contributed by atoms with E-state index in [4.69, 9.17) is 37.8 Å². The molecule has 18 heavy (non-hydrogen) atoms. The first-order valence-corrected chi connectivity index (χ1v) is 4.90. The van der Waals surface area contributed by atoms with E-state index in [1.807, 2.05) is 25.1 Å². The van der Waals surface area contributed by atoms with E-state index in [1.54, 1.807) is 6.20 Å². The molecule has 0 fully saturated rings. The van der Waals surface area contributed by atoms with Gasteiger partial charge in [0.2, 0.25) is 0 Å². The Labute approximate surface area is 123 Å². The van der Waals surface area contributed by atoms with Gasteiger partial charge in [-0.2, -0.15) is 0 Å². The number of aromatic nitrogens is 1. The normalized spacial score (nSPS) is 10.1. The summed E-state index contributed by atoms with van der Waals surface area (Å²) in [6.45, 7) is 1.83. The molecule has 0 spiro atoms. The third-order valence-corrected chi connectivity index (χ3v) is 1.88. The topological polar surface area (TPSA) is 114 Å². The average Bonchev–Trinajstić information content (AvgIpc) is 2.29. The van der Waals surface area contributed by atoms with Crippen LogP contribution >= 0.6 is 12.2 Å². The molecule has 4 N–H and O–H groups in total. The van der Waals surface area contributed by atoms with Crippen LogP contribution < -0.4 is 5.73 Å². The largest absolute Gasteiger partial charge is 0.473 e. The second-order valence-electron chi connectivity index (χ2n) is 2.95. The molecule has 0 bridgehead atoms. The molecule has 0 radical (unpaired) electrons. The number of carbonyl (C=O) groups is 2. The first-order valence-electron chi connectivity index (χ1n) is 4.49. The maximum absolute atomic E-state index is 9.10. The second-order valence-corrected chi connectivity index (χ2v) is 3.60. The molecule has 8 heteroatoms. The molecule has 0 saturated carbocycles. The van der Waals surface area contributed by atoms with Crippen LogP contribution in [0.15, 0.2) is 24.4 Å². The Kier molecular flexibility index (Phi) is 10.5. The van der Waals surface area contributed by atoms with E-state index in [0.29, 0.717) is 0 Å². The van der Waals surface area contributed by atoms with Crippen LogP contribution in [0.5, 0.6) is 0 Å². The van der Waals surface area contributed by atoms with Crippen LogP contribution in [0.1, 0.15) is 18.7 Å². The quantitative estimate of drug-likeness (QED) is 0.447. The smallest absolute Gasteiger partial charge is 0.414 e. The van der Waals surface area contributed by atoms with Crippen LogP contribution in [0, 0.1) is 0 Å². The van der Waals surface area contributed by atoms with Crippen molar-refractivity contribution in [3.05, 3.63) is 30.1 Å². The van der Waals surface area contributed by atoms with Gasteiger partial charge in [0.1, 0.15) is 0 Å². The van der Waals surface area contributed by atoms with E-state index in [-0.39, 0.29) is 27.1 Å². The van der Waals surface area contributed by atoms with Crippen molar-refractivity contribution in [1.82, 2.24) is 4.98 Å². The molecule has 1 heterocycles. The van der Waals surface area contributed by atoms with Crippen molar-refractivity contribution in [2.45, 2.75) is 13.0 Å². The van der Waals surface area contributed by atoms with Crippen molar-refractivity contribution >= 4 is 29.0 Å². The maximum atomic E-state index is 9.10. The zero-order valence-corrected chi connectivity index (χ0v) is 12.4. The molecule has 102 valence electrons. The van der Waals surface area contributed by atoms with Crippen molar-refractivity contribution in [2.75, 3.05) is 0 Å². The summed E-state index contributed by atoms with van der Waals surface area (Å²) >= 11 is 4.94. The molecular formula is C10H12N2O4PtS. The number of pyridine rings is 1. The van der Waals surface area contributed by atoms with E-state index in [2.05, 4.69) is 4.98 Å². The predicted molar refractivity (Wildman–Crippen MR) is 64.7 cm³/mol. The van der Waals surface area contributed by atoms with Crippen LogP contribution in [-0.4, -0.2) is 32.0 Å². The summed E-state index contributed by atoms with van der Waals surface area (Å²) in [5.41, 5.74) is 6.57. The third-order valence-electron chi connectivity index (χ3n) is 1.63. The van der Waals surface area contributed by atoms with Crippen LogP contribution in [0.25, 0.3) is 0 Å². The summed E-state index contributed by atoms with van der Waals surface area (Å²) in [5.74, 6) is -3.65. The van der Waals surface area contributed by atoms with Gasteiger partial charge in [-0.05, 0) is 19.1 Å². The van der Waals surface area contributed by atoms with Gasteiger partial charge in [0, 0.05) is 32.1 Å². The molecule has 1 rings (SSSR count). The van der Waals surface area contributed by atoms with Gasteiger partial charge in [0.15, 0.2) is 0 Å². The molecule has 1 aromatic rings. The Hall–Kier alpha value is -1.17. The van der Waals surface area contributed by atoms with E-state index in [0.717, 1.165) is 10.6 Å². The minimum atomic E-state index is -1.82. The van der Waals surface area contributed by atoms with E-state index in [1.165, 1.54) is 0 Å². The van der Waals surface area contributed by atoms with Crippen LogP contribution in [-0.2, 0) is 30.7 Å². The third kappa shape index (κ3) is 8.00. The minimum Gasteiger partial charge on any atom is -0.473 e. The van der Waals surface area contributed by atoms with Crippen LogP contribution in [0.3, 0.4) is 0 Å². The van der Waals surface area contributed by atoms with Gasteiger partial charge in [-0.25, -0.2) is 9.59 Å². The maximum Gasteiger partial charge on any atom is 0.414 e. The van der Waals surface area contributed by atoms with Crippen molar-refractivity contribution in [1.29, 1.82) is 0 Å². The molecule has 1 aromatic heterocycles. The number of carboxylic acid groups (broad SMARTS) is 2. The molecule has 0 aliphatic carbocycles. The van der Waals surface area contributed by atoms with Gasteiger partial charge in [0.25, 0.3) is 0 Å². The van der Waals surface area contributed by atoms with Gasteiger partial charge in [-0.1, -0.05) is 18.3 Å². The molecule has 0 saturated heterocycles. The second kappa shape index (κ2) is 9.82. The molecule has 1 unspecified atom stereocenters. The summed E-state index contributed by atoms with van der Waals surface area (Å²) in [5, 5.41) is 14.8. The van der Waals surface area contributed by atoms with Crippen molar-refractivity contribution in [3.8, 4) is 0 Å². The summed E-state index contributed by atoms with van der Waals surface area (Å²) in [6.07, 6.45) is 1.72. The van der Waals surface area contributed by atoms with Crippen molar-refractivity contribution in [2.24, 2.45) is 5.73 Å². The number of rotatable bonds is 2. The molecule has 1 atom stereocenters. The fraction of sp³-hybridized carbons (Fsp3) is 0.200. The van der Waals surface area contributed by atoms with Gasteiger partial charge in [-0.15, -0.1) is 0 Å². The SMILES string of the molecule is CC(=S)C(N)c1ccccn1.O=C(O)C(=O)O.[Pt]. The zero-order chi connectivity index (χ0) is 13.4. The number of hydrogen-bond donors (Lipinski definition) is 3. The van der Waals surface area contributed by atoms with Gasteiger partial charge in [0.05, 0.1) is 11.7 Å². The first kappa shape index (κ1) is 19.2. The predicted octanol–water partition coefficient (Wildman–Crippen LogP) is 0.624. The summed E-state index contributed by atoms with van der Waals surface area (Å²) in [4.78, 5) is 23.1. The number of nitrogens with two attached hydrogens (primary N) is 1. The Morgan fingerprint density at radius 1 is 1.33 bits per heavy atom. The first-order chi connectivity index (χ1) is 7.86. The van der Waals surface area contributed by atoms with Gasteiger partial charge in [-0.3, -0.25) is 4.98 Å². The van der Waals surface area contributed by atoms with E-state index >= 15 is 0 Å². The monoisotopic (exact) mass is 451 g/mol. The van der Waals surface area contributed by atoms with Crippen molar-refractivity contribution < 1.29 is 40.9 Å². The number of aliphatic carboxylic acids is 2. The number of thiocarbonyl (C=S) groups is 1.